The van der Waals surface area contributed by atoms with Crippen LogP contribution in [-0.2, 0) is 24.9 Å². The lowest BCUT2D eigenvalue weighted by Gasteiger charge is -2.02. The average Bonchev–Trinajstić information content (AvgIpc) is 2.85. The summed E-state index contributed by atoms with van der Waals surface area (Å²) in [5.74, 6) is -0.271. The fourth-order valence-corrected chi connectivity index (χ4v) is 2.72. The SMILES string of the molecule is COC(=O)c1cn(C)c2cc3c(cc12)CN(C)C3. The Kier molecular flexibility index (Phi) is 2.41. The van der Waals surface area contributed by atoms with Gasteiger partial charge in [-0.3, -0.25) is 4.90 Å². The Labute approximate surface area is 106 Å². The number of benzene rings is 1. The van der Waals surface area contributed by atoms with Gasteiger partial charge < -0.3 is 9.30 Å². The van der Waals surface area contributed by atoms with Crippen LogP contribution in [0.1, 0.15) is 21.5 Å². The largest absolute Gasteiger partial charge is 0.465 e. The zero-order chi connectivity index (χ0) is 12.9. The smallest absolute Gasteiger partial charge is 0.340 e. The highest BCUT2D eigenvalue weighted by molar-refractivity contribution is 6.04. The van der Waals surface area contributed by atoms with E-state index in [1.165, 1.54) is 18.2 Å². The van der Waals surface area contributed by atoms with E-state index in [2.05, 4.69) is 24.1 Å². The molecule has 1 aromatic carbocycles. The van der Waals surface area contributed by atoms with Crippen LogP contribution in [0.25, 0.3) is 10.9 Å². The van der Waals surface area contributed by atoms with Crippen molar-refractivity contribution in [2.45, 2.75) is 13.1 Å². The van der Waals surface area contributed by atoms with Crippen molar-refractivity contribution in [2.75, 3.05) is 14.2 Å². The molecule has 94 valence electrons. The van der Waals surface area contributed by atoms with Crippen molar-refractivity contribution >= 4 is 16.9 Å². The highest BCUT2D eigenvalue weighted by Gasteiger charge is 2.20. The molecule has 0 aliphatic carbocycles. The maximum atomic E-state index is 11.8. The van der Waals surface area contributed by atoms with Gasteiger partial charge in [-0.1, -0.05) is 0 Å². The van der Waals surface area contributed by atoms with E-state index >= 15 is 0 Å². The molecule has 1 aliphatic rings. The van der Waals surface area contributed by atoms with E-state index in [1.54, 1.807) is 0 Å². The molecule has 4 nitrogen and oxygen atoms in total. The van der Waals surface area contributed by atoms with Crippen LogP contribution in [0.15, 0.2) is 18.3 Å². The van der Waals surface area contributed by atoms with Crippen LogP contribution in [0.5, 0.6) is 0 Å². The van der Waals surface area contributed by atoms with Crippen molar-refractivity contribution in [3.63, 3.8) is 0 Å². The van der Waals surface area contributed by atoms with Crippen molar-refractivity contribution in [1.82, 2.24) is 9.47 Å². The summed E-state index contributed by atoms with van der Waals surface area (Å²) in [6, 6.07) is 4.31. The average molecular weight is 244 g/mol. The van der Waals surface area contributed by atoms with Gasteiger partial charge in [0, 0.05) is 37.2 Å². The molecule has 0 saturated carbocycles. The number of ether oxygens (including phenoxy) is 1. The molecule has 0 amide bonds. The van der Waals surface area contributed by atoms with Crippen molar-refractivity contribution in [1.29, 1.82) is 0 Å². The molecule has 0 saturated heterocycles. The van der Waals surface area contributed by atoms with Crippen molar-refractivity contribution < 1.29 is 9.53 Å². The van der Waals surface area contributed by atoms with Crippen LogP contribution in [0.2, 0.25) is 0 Å². The molecular formula is C14H16N2O2. The van der Waals surface area contributed by atoms with E-state index in [9.17, 15) is 4.79 Å². The Hall–Kier alpha value is -1.81. The van der Waals surface area contributed by atoms with Crippen molar-refractivity contribution in [2.24, 2.45) is 7.05 Å². The minimum Gasteiger partial charge on any atom is -0.465 e. The van der Waals surface area contributed by atoms with Crippen LogP contribution >= 0.6 is 0 Å². The summed E-state index contributed by atoms with van der Waals surface area (Å²) in [6.07, 6.45) is 1.84. The lowest BCUT2D eigenvalue weighted by molar-refractivity contribution is 0.0603. The Morgan fingerprint density at radius 1 is 1.22 bits per heavy atom. The predicted octanol–water partition coefficient (Wildman–Crippen LogP) is 1.91. The number of carbonyl (C=O) groups is 1. The minimum atomic E-state index is -0.271. The number of hydrogen-bond donors (Lipinski definition) is 0. The minimum absolute atomic E-state index is 0.271. The Morgan fingerprint density at radius 3 is 2.56 bits per heavy atom. The number of hydrogen-bond acceptors (Lipinski definition) is 3. The Bertz CT molecular complexity index is 643. The van der Waals surface area contributed by atoms with E-state index < -0.39 is 0 Å². The first-order valence-electron chi connectivity index (χ1n) is 5.98. The van der Waals surface area contributed by atoms with Gasteiger partial charge in [-0.15, -0.1) is 0 Å². The number of esters is 1. The van der Waals surface area contributed by atoms with Gasteiger partial charge in [-0.05, 0) is 30.3 Å². The second-order valence-electron chi connectivity index (χ2n) is 4.96. The molecule has 0 unspecified atom stereocenters. The maximum Gasteiger partial charge on any atom is 0.340 e. The number of rotatable bonds is 1. The Morgan fingerprint density at radius 2 is 1.89 bits per heavy atom. The summed E-state index contributed by atoms with van der Waals surface area (Å²) >= 11 is 0. The molecule has 3 rings (SSSR count). The lowest BCUT2D eigenvalue weighted by atomic mass is 10.1. The topological polar surface area (TPSA) is 34.5 Å². The van der Waals surface area contributed by atoms with Gasteiger partial charge in [0.2, 0.25) is 0 Å². The molecule has 0 bridgehead atoms. The maximum absolute atomic E-state index is 11.8. The van der Waals surface area contributed by atoms with Crippen LogP contribution in [0.3, 0.4) is 0 Å². The van der Waals surface area contributed by atoms with Crippen molar-refractivity contribution in [3.8, 4) is 0 Å². The third-order valence-corrected chi connectivity index (χ3v) is 3.60. The lowest BCUT2D eigenvalue weighted by Crippen LogP contribution is -2.07. The normalized spacial score (nSPS) is 15.1. The molecular weight excluding hydrogens is 228 g/mol. The number of fused-ring (bicyclic) bond motifs is 2. The fourth-order valence-electron chi connectivity index (χ4n) is 2.72. The van der Waals surface area contributed by atoms with Gasteiger partial charge in [0.15, 0.2) is 0 Å². The summed E-state index contributed by atoms with van der Waals surface area (Å²) in [5.41, 5.74) is 4.39. The molecule has 4 heteroatoms. The van der Waals surface area contributed by atoms with Crippen molar-refractivity contribution in [3.05, 3.63) is 35.0 Å². The van der Waals surface area contributed by atoms with E-state index in [4.69, 9.17) is 4.74 Å². The number of nitrogens with zero attached hydrogens (tertiary/aromatic N) is 2. The van der Waals surface area contributed by atoms with Crippen LogP contribution in [0, 0.1) is 0 Å². The first-order valence-corrected chi connectivity index (χ1v) is 5.98. The molecule has 0 fully saturated rings. The second kappa shape index (κ2) is 3.85. The van der Waals surface area contributed by atoms with Gasteiger partial charge >= 0.3 is 5.97 Å². The van der Waals surface area contributed by atoms with E-state index in [0.29, 0.717) is 5.56 Å². The first-order chi connectivity index (χ1) is 8.60. The van der Waals surface area contributed by atoms with E-state index in [0.717, 1.165) is 24.0 Å². The van der Waals surface area contributed by atoms with Crippen LogP contribution < -0.4 is 0 Å². The van der Waals surface area contributed by atoms with Crippen LogP contribution in [-0.4, -0.2) is 29.6 Å². The third-order valence-electron chi connectivity index (χ3n) is 3.60. The molecule has 2 aromatic rings. The molecule has 0 radical (unpaired) electrons. The van der Waals surface area contributed by atoms with Gasteiger partial charge in [-0.2, -0.15) is 0 Å². The molecule has 0 spiro atoms. The number of methoxy groups -OCH3 is 1. The predicted molar refractivity (Wildman–Crippen MR) is 69.4 cm³/mol. The highest BCUT2D eigenvalue weighted by atomic mass is 16.5. The van der Waals surface area contributed by atoms with Gasteiger partial charge in [0.1, 0.15) is 0 Å². The molecule has 0 atom stereocenters. The molecule has 0 N–H and O–H groups in total. The summed E-state index contributed by atoms with van der Waals surface area (Å²) < 4.78 is 6.82. The highest BCUT2D eigenvalue weighted by Crippen LogP contribution is 2.29. The zero-order valence-electron chi connectivity index (χ0n) is 10.9. The standard InChI is InChI=1S/C14H16N2O2/c1-15-6-9-4-11-12(14(17)18-3)8-16(2)13(11)5-10(9)7-15/h4-5,8H,6-7H2,1-3H3. The zero-order valence-corrected chi connectivity index (χ0v) is 10.9. The van der Waals surface area contributed by atoms with Gasteiger partial charge in [0.05, 0.1) is 12.7 Å². The fraction of sp³-hybridized carbons (Fsp3) is 0.357. The summed E-state index contributed by atoms with van der Waals surface area (Å²) in [4.78, 5) is 14.0. The quantitative estimate of drug-likeness (QED) is 0.719. The monoisotopic (exact) mass is 244 g/mol. The molecule has 18 heavy (non-hydrogen) atoms. The summed E-state index contributed by atoms with van der Waals surface area (Å²) in [5, 5.41) is 0.985. The summed E-state index contributed by atoms with van der Waals surface area (Å²) in [6.45, 7) is 1.92. The Balaban J connectivity index is 2.24. The van der Waals surface area contributed by atoms with E-state index in [1.807, 2.05) is 17.8 Å². The summed E-state index contributed by atoms with van der Waals surface area (Å²) in [7, 11) is 5.48. The van der Waals surface area contributed by atoms with E-state index in [-0.39, 0.29) is 5.97 Å². The molecule has 1 aliphatic heterocycles. The molecule has 2 heterocycles. The second-order valence-corrected chi connectivity index (χ2v) is 4.96. The number of aromatic nitrogens is 1. The van der Waals surface area contributed by atoms with Crippen LogP contribution in [0.4, 0.5) is 0 Å². The first kappa shape index (κ1) is 11.3. The van der Waals surface area contributed by atoms with Gasteiger partial charge in [0.25, 0.3) is 0 Å². The number of aryl methyl sites for hydroxylation is 1. The third kappa shape index (κ3) is 1.53. The molecule has 1 aromatic heterocycles. The number of carbonyl (C=O) groups excluding carboxylic acids is 1. The van der Waals surface area contributed by atoms with Gasteiger partial charge in [-0.25, -0.2) is 4.79 Å².